The summed E-state index contributed by atoms with van der Waals surface area (Å²) in [6.45, 7) is 3.63. The third-order valence-corrected chi connectivity index (χ3v) is 3.30. The number of hydrogen-bond acceptors (Lipinski definition) is 4. The van der Waals surface area contributed by atoms with Gasteiger partial charge in [-0.2, -0.15) is 0 Å². The molecule has 1 saturated heterocycles. The number of benzene rings is 1. The van der Waals surface area contributed by atoms with Crippen molar-refractivity contribution in [3.63, 3.8) is 0 Å². The van der Waals surface area contributed by atoms with Gasteiger partial charge in [0.2, 0.25) is 5.91 Å². The van der Waals surface area contributed by atoms with Gasteiger partial charge < -0.3 is 19.9 Å². The molecular formula is C15H21NO4. The number of aliphatic hydroxyl groups is 1. The largest absolute Gasteiger partial charge is 0.494 e. The molecule has 1 aromatic rings. The Labute approximate surface area is 118 Å². The van der Waals surface area contributed by atoms with Crippen molar-refractivity contribution in [2.24, 2.45) is 0 Å². The van der Waals surface area contributed by atoms with Crippen LogP contribution in [0.4, 0.5) is 0 Å². The van der Waals surface area contributed by atoms with Crippen LogP contribution in [0.15, 0.2) is 24.3 Å². The highest BCUT2D eigenvalue weighted by Crippen LogP contribution is 2.17. The molecule has 2 rings (SSSR count). The molecule has 0 saturated carbocycles. The monoisotopic (exact) mass is 279 g/mol. The van der Waals surface area contributed by atoms with E-state index in [1.807, 2.05) is 31.2 Å². The standard InChI is InChI=1S/C15H21NO4/c1-2-20-13-5-3-12(4-6-13)9-14(17)16-10-15(18)7-8-19-11-15/h3-6,18H,2,7-11H2,1H3,(H,16,17). The molecule has 1 aliphatic rings. The number of nitrogens with one attached hydrogen (secondary N) is 1. The molecular weight excluding hydrogens is 258 g/mol. The van der Waals surface area contributed by atoms with Crippen molar-refractivity contribution in [3.05, 3.63) is 29.8 Å². The Balaban J connectivity index is 1.79. The average molecular weight is 279 g/mol. The molecule has 1 atom stereocenters. The van der Waals surface area contributed by atoms with Crippen LogP contribution in [0, 0.1) is 0 Å². The minimum Gasteiger partial charge on any atom is -0.494 e. The molecule has 0 aromatic heterocycles. The summed E-state index contributed by atoms with van der Waals surface area (Å²) in [5.74, 6) is 0.698. The van der Waals surface area contributed by atoms with Crippen LogP contribution in [0.3, 0.4) is 0 Å². The Kier molecular flexibility index (Phi) is 4.98. The Morgan fingerprint density at radius 1 is 1.45 bits per heavy atom. The molecule has 0 spiro atoms. The first-order valence-corrected chi connectivity index (χ1v) is 6.90. The van der Waals surface area contributed by atoms with Crippen LogP contribution in [-0.2, 0) is 16.0 Å². The molecule has 0 bridgehead atoms. The fraction of sp³-hybridized carbons (Fsp3) is 0.533. The Bertz CT molecular complexity index is 438. The summed E-state index contributed by atoms with van der Waals surface area (Å²) in [6.07, 6.45) is 0.861. The number of amides is 1. The number of hydrogen-bond donors (Lipinski definition) is 2. The SMILES string of the molecule is CCOc1ccc(CC(=O)NCC2(O)CCOC2)cc1. The van der Waals surface area contributed by atoms with Crippen molar-refractivity contribution >= 4 is 5.91 Å². The van der Waals surface area contributed by atoms with E-state index >= 15 is 0 Å². The van der Waals surface area contributed by atoms with Crippen LogP contribution in [0.25, 0.3) is 0 Å². The van der Waals surface area contributed by atoms with Gasteiger partial charge in [-0.15, -0.1) is 0 Å². The van der Waals surface area contributed by atoms with Crippen LogP contribution >= 0.6 is 0 Å². The van der Waals surface area contributed by atoms with Gasteiger partial charge in [0, 0.05) is 19.6 Å². The zero-order chi connectivity index (χ0) is 14.4. The summed E-state index contributed by atoms with van der Waals surface area (Å²) < 4.78 is 10.5. The highest BCUT2D eigenvalue weighted by molar-refractivity contribution is 5.78. The summed E-state index contributed by atoms with van der Waals surface area (Å²) in [6, 6.07) is 7.45. The Hall–Kier alpha value is -1.59. The van der Waals surface area contributed by atoms with Crippen molar-refractivity contribution < 1.29 is 19.4 Å². The van der Waals surface area contributed by atoms with Gasteiger partial charge in [-0.25, -0.2) is 0 Å². The predicted octanol–water partition coefficient (Wildman–Crippen LogP) is 0.895. The first kappa shape index (κ1) is 14.8. The van der Waals surface area contributed by atoms with Gasteiger partial charge >= 0.3 is 0 Å². The lowest BCUT2D eigenvalue weighted by molar-refractivity contribution is -0.121. The molecule has 110 valence electrons. The smallest absolute Gasteiger partial charge is 0.224 e. The van der Waals surface area contributed by atoms with Crippen LogP contribution in [0.5, 0.6) is 5.75 Å². The summed E-state index contributed by atoms with van der Waals surface area (Å²) in [4.78, 5) is 11.8. The lowest BCUT2D eigenvalue weighted by atomic mass is 10.0. The van der Waals surface area contributed by atoms with E-state index in [0.717, 1.165) is 11.3 Å². The number of rotatable bonds is 6. The van der Waals surface area contributed by atoms with Crippen molar-refractivity contribution in [2.75, 3.05) is 26.4 Å². The quantitative estimate of drug-likeness (QED) is 0.811. The normalized spacial score (nSPS) is 21.7. The topological polar surface area (TPSA) is 67.8 Å². The van der Waals surface area contributed by atoms with E-state index in [-0.39, 0.29) is 19.1 Å². The van der Waals surface area contributed by atoms with Gasteiger partial charge in [0.25, 0.3) is 0 Å². The van der Waals surface area contributed by atoms with Crippen molar-refractivity contribution in [3.8, 4) is 5.75 Å². The molecule has 5 nitrogen and oxygen atoms in total. The van der Waals surface area contributed by atoms with Crippen LogP contribution in [0.2, 0.25) is 0 Å². The van der Waals surface area contributed by atoms with E-state index in [0.29, 0.717) is 26.1 Å². The van der Waals surface area contributed by atoms with E-state index in [9.17, 15) is 9.90 Å². The van der Waals surface area contributed by atoms with Crippen molar-refractivity contribution in [2.45, 2.75) is 25.4 Å². The average Bonchev–Trinajstić information content (AvgIpc) is 2.87. The third-order valence-electron chi connectivity index (χ3n) is 3.30. The molecule has 2 N–H and O–H groups in total. The summed E-state index contributed by atoms with van der Waals surface area (Å²) in [5.41, 5.74) is 0.00899. The molecule has 0 aliphatic carbocycles. The maximum absolute atomic E-state index is 11.8. The molecule has 0 radical (unpaired) electrons. The molecule has 20 heavy (non-hydrogen) atoms. The zero-order valence-electron chi connectivity index (χ0n) is 11.7. The van der Waals surface area contributed by atoms with Crippen molar-refractivity contribution in [1.29, 1.82) is 0 Å². The van der Waals surface area contributed by atoms with Gasteiger partial charge in [0.1, 0.15) is 11.4 Å². The van der Waals surface area contributed by atoms with E-state index in [4.69, 9.17) is 9.47 Å². The van der Waals surface area contributed by atoms with E-state index in [2.05, 4.69) is 5.32 Å². The second-order valence-corrected chi connectivity index (χ2v) is 5.06. The summed E-state index contributed by atoms with van der Waals surface area (Å²) >= 11 is 0. The third kappa shape index (κ3) is 4.21. The van der Waals surface area contributed by atoms with Crippen molar-refractivity contribution in [1.82, 2.24) is 5.32 Å². The number of carbonyl (C=O) groups excluding carboxylic acids is 1. The molecule has 1 aliphatic heterocycles. The minimum absolute atomic E-state index is 0.102. The molecule has 1 amide bonds. The Morgan fingerprint density at radius 3 is 2.80 bits per heavy atom. The fourth-order valence-electron chi connectivity index (χ4n) is 2.12. The van der Waals surface area contributed by atoms with Crippen LogP contribution < -0.4 is 10.1 Å². The first-order valence-electron chi connectivity index (χ1n) is 6.90. The van der Waals surface area contributed by atoms with Gasteiger partial charge in [-0.05, 0) is 24.6 Å². The van der Waals surface area contributed by atoms with Gasteiger partial charge in [0.15, 0.2) is 0 Å². The maximum Gasteiger partial charge on any atom is 0.224 e. The Morgan fingerprint density at radius 2 is 2.20 bits per heavy atom. The fourth-order valence-corrected chi connectivity index (χ4v) is 2.12. The number of carbonyl (C=O) groups is 1. The summed E-state index contributed by atoms with van der Waals surface area (Å²) in [7, 11) is 0. The lowest BCUT2D eigenvalue weighted by Crippen LogP contribution is -2.43. The summed E-state index contributed by atoms with van der Waals surface area (Å²) in [5, 5.41) is 12.8. The highest BCUT2D eigenvalue weighted by atomic mass is 16.5. The van der Waals surface area contributed by atoms with Crippen LogP contribution in [0.1, 0.15) is 18.9 Å². The number of ether oxygens (including phenoxy) is 2. The van der Waals surface area contributed by atoms with E-state index < -0.39 is 5.60 Å². The maximum atomic E-state index is 11.8. The second kappa shape index (κ2) is 6.72. The van der Waals surface area contributed by atoms with E-state index in [1.165, 1.54) is 0 Å². The molecule has 5 heteroatoms. The zero-order valence-corrected chi connectivity index (χ0v) is 11.7. The first-order chi connectivity index (χ1) is 9.61. The molecule has 1 unspecified atom stereocenters. The predicted molar refractivity (Wildman–Crippen MR) is 74.7 cm³/mol. The van der Waals surface area contributed by atoms with Gasteiger partial charge in [-0.3, -0.25) is 4.79 Å². The molecule has 1 heterocycles. The van der Waals surface area contributed by atoms with Gasteiger partial charge in [0.05, 0.1) is 19.6 Å². The molecule has 1 aromatic carbocycles. The highest BCUT2D eigenvalue weighted by Gasteiger charge is 2.32. The van der Waals surface area contributed by atoms with E-state index in [1.54, 1.807) is 0 Å². The second-order valence-electron chi connectivity index (χ2n) is 5.06. The molecule has 1 fully saturated rings. The van der Waals surface area contributed by atoms with Crippen LogP contribution in [-0.4, -0.2) is 43.0 Å². The minimum atomic E-state index is -0.908. The van der Waals surface area contributed by atoms with Gasteiger partial charge in [-0.1, -0.05) is 12.1 Å². The lowest BCUT2D eigenvalue weighted by Gasteiger charge is -2.20.